The summed E-state index contributed by atoms with van der Waals surface area (Å²) >= 11 is 0. The second kappa shape index (κ2) is 13.3. The van der Waals surface area contributed by atoms with Crippen molar-refractivity contribution in [3.63, 3.8) is 0 Å². The van der Waals surface area contributed by atoms with E-state index < -0.39 is 0 Å². The largest absolute Gasteiger partial charge is 0.309 e. The van der Waals surface area contributed by atoms with E-state index in [1.165, 1.54) is 22.9 Å². The van der Waals surface area contributed by atoms with Crippen molar-refractivity contribution in [1.29, 1.82) is 0 Å². The molecule has 268 valence electrons. The number of halogens is 1. The molecule has 11 aromatic rings. The maximum absolute atomic E-state index is 14.2. The smallest absolute Gasteiger partial charge is 0.166 e. The Kier molecular flexibility index (Phi) is 7.60. The molecule has 0 amide bonds. The van der Waals surface area contributed by atoms with Gasteiger partial charge in [0.1, 0.15) is 5.82 Å². The second-order valence-corrected chi connectivity index (χ2v) is 14.2. The van der Waals surface area contributed by atoms with Crippen LogP contribution >= 0.6 is 0 Å². The maximum Gasteiger partial charge on any atom is 0.166 e. The quantitative estimate of drug-likeness (QED) is 0.171. The highest BCUT2D eigenvalue weighted by atomic mass is 19.1. The van der Waals surface area contributed by atoms with Crippen molar-refractivity contribution in [3.8, 4) is 56.7 Å². The third-order valence-electron chi connectivity index (χ3n) is 10.9. The van der Waals surface area contributed by atoms with Crippen LogP contribution in [0.25, 0.3) is 100 Å². The number of aromatic nitrogens is 5. The van der Waals surface area contributed by atoms with E-state index in [2.05, 4.69) is 118 Å². The van der Waals surface area contributed by atoms with Crippen molar-refractivity contribution >= 4 is 43.6 Å². The van der Waals surface area contributed by atoms with E-state index in [0.717, 1.165) is 72.0 Å². The van der Waals surface area contributed by atoms with Crippen LogP contribution in [-0.2, 0) is 0 Å². The highest BCUT2D eigenvalue weighted by Crippen LogP contribution is 2.40. The number of hydrogen-bond acceptors (Lipinski definition) is 3. The van der Waals surface area contributed by atoms with E-state index >= 15 is 0 Å². The van der Waals surface area contributed by atoms with Gasteiger partial charge in [-0.2, -0.15) is 0 Å². The molecule has 5 nitrogen and oxygen atoms in total. The van der Waals surface area contributed by atoms with Gasteiger partial charge in [-0.25, -0.2) is 19.3 Å². The monoisotopic (exact) mass is 733 g/mol. The number of rotatable bonds is 6. The molecule has 6 heteroatoms. The minimum Gasteiger partial charge on any atom is -0.309 e. The van der Waals surface area contributed by atoms with Gasteiger partial charge in [0, 0.05) is 43.9 Å². The van der Waals surface area contributed by atoms with Crippen LogP contribution in [0.4, 0.5) is 4.39 Å². The van der Waals surface area contributed by atoms with Crippen LogP contribution in [0.2, 0.25) is 0 Å². The Morgan fingerprint density at radius 2 is 0.807 bits per heavy atom. The highest BCUT2D eigenvalue weighted by molar-refractivity contribution is 6.12. The molecule has 0 unspecified atom stereocenters. The zero-order chi connectivity index (χ0) is 37.9. The van der Waals surface area contributed by atoms with E-state index in [1.54, 1.807) is 0 Å². The van der Waals surface area contributed by atoms with Crippen LogP contribution in [0.5, 0.6) is 0 Å². The van der Waals surface area contributed by atoms with Crippen molar-refractivity contribution in [2.75, 3.05) is 0 Å². The van der Waals surface area contributed by atoms with E-state index in [-0.39, 0.29) is 5.82 Å². The lowest BCUT2D eigenvalue weighted by Gasteiger charge is -2.17. The molecule has 3 heterocycles. The average Bonchev–Trinajstić information content (AvgIpc) is 3.79. The van der Waals surface area contributed by atoms with Gasteiger partial charge in [0.25, 0.3) is 0 Å². The first-order chi connectivity index (χ1) is 28.2. The van der Waals surface area contributed by atoms with Gasteiger partial charge in [0.05, 0.1) is 27.8 Å². The van der Waals surface area contributed by atoms with Crippen LogP contribution in [0, 0.1) is 5.82 Å². The predicted octanol–water partition coefficient (Wildman–Crippen LogP) is 12.9. The number of nitrogens with zero attached hydrogens (tertiary/aromatic N) is 5. The molecule has 0 saturated carbocycles. The van der Waals surface area contributed by atoms with Crippen LogP contribution < -0.4 is 0 Å². The molecular formula is C51H32FN5. The standard InChI is InChI=1S/C51H32FN5/c52-37-26-23-33(24-27-37)36-25-29-42(51-54-49(34-13-3-1-4-14-34)53-50(55-51)35-15-5-2-6-16-35)48(31-36)57-46-22-12-9-19-41(46)43-32-38(28-30-47(43)57)56-44-20-10-7-17-39(44)40-18-8-11-21-45(40)56/h1-32H. The summed E-state index contributed by atoms with van der Waals surface area (Å²) in [6, 6.07) is 65.5. The molecule has 8 aromatic carbocycles. The predicted molar refractivity (Wildman–Crippen MR) is 230 cm³/mol. The van der Waals surface area contributed by atoms with Crippen molar-refractivity contribution in [2.24, 2.45) is 0 Å². The third-order valence-corrected chi connectivity index (χ3v) is 10.9. The normalized spacial score (nSPS) is 11.6. The molecular weight excluding hydrogens is 702 g/mol. The SMILES string of the molecule is Fc1ccc(-c2ccc(-c3nc(-c4ccccc4)nc(-c4ccccc4)n3)c(-n3c4ccccc4c4cc(-n5c6ccccc6c6ccccc65)ccc43)c2)cc1. The molecule has 57 heavy (non-hydrogen) atoms. The van der Waals surface area contributed by atoms with Crippen molar-refractivity contribution in [3.05, 3.63) is 200 Å². The molecule has 3 aromatic heterocycles. The van der Waals surface area contributed by atoms with Crippen LogP contribution in [0.15, 0.2) is 194 Å². The Hall–Kier alpha value is -7.70. The van der Waals surface area contributed by atoms with Crippen molar-refractivity contribution in [1.82, 2.24) is 24.1 Å². The first-order valence-corrected chi connectivity index (χ1v) is 19.0. The number of para-hydroxylation sites is 3. The Balaban J connectivity index is 1.19. The van der Waals surface area contributed by atoms with Gasteiger partial charge in [-0.1, -0.05) is 133 Å². The van der Waals surface area contributed by atoms with Gasteiger partial charge in [-0.15, -0.1) is 0 Å². The van der Waals surface area contributed by atoms with Crippen molar-refractivity contribution < 1.29 is 4.39 Å². The summed E-state index contributed by atoms with van der Waals surface area (Å²) in [7, 11) is 0. The summed E-state index contributed by atoms with van der Waals surface area (Å²) in [6.45, 7) is 0. The Bertz CT molecular complexity index is 3180. The molecule has 0 fully saturated rings. The highest BCUT2D eigenvalue weighted by Gasteiger charge is 2.21. The minimum atomic E-state index is -0.274. The van der Waals surface area contributed by atoms with Crippen LogP contribution in [-0.4, -0.2) is 24.1 Å². The zero-order valence-electron chi connectivity index (χ0n) is 30.6. The Morgan fingerprint density at radius 3 is 1.40 bits per heavy atom. The number of fused-ring (bicyclic) bond motifs is 6. The fourth-order valence-electron chi connectivity index (χ4n) is 8.22. The average molecular weight is 734 g/mol. The summed E-state index contributed by atoms with van der Waals surface area (Å²) in [4.78, 5) is 15.3. The molecule has 0 aliphatic heterocycles. The third kappa shape index (κ3) is 5.49. The molecule has 0 atom stereocenters. The van der Waals surface area contributed by atoms with Crippen molar-refractivity contribution in [2.45, 2.75) is 0 Å². The van der Waals surface area contributed by atoms with Gasteiger partial charge in [0.15, 0.2) is 17.5 Å². The molecule has 0 bridgehead atoms. The Labute approximate surface area is 327 Å². The summed E-state index contributed by atoms with van der Waals surface area (Å²) in [5.41, 5.74) is 10.9. The Morgan fingerprint density at radius 1 is 0.333 bits per heavy atom. The fraction of sp³-hybridized carbons (Fsp3) is 0. The first-order valence-electron chi connectivity index (χ1n) is 19.0. The zero-order valence-corrected chi connectivity index (χ0v) is 30.6. The molecule has 0 N–H and O–H groups in total. The lowest BCUT2D eigenvalue weighted by atomic mass is 10.0. The van der Waals surface area contributed by atoms with E-state index in [0.29, 0.717) is 17.5 Å². The fourth-order valence-corrected chi connectivity index (χ4v) is 8.22. The van der Waals surface area contributed by atoms with Crippen LogP contribution in [0.3, 0.4) is 0 Å². The number of hydrogen-bond donors (Lipinski definition) is 0. The number of benzene rings is 8. The van der Waals surface area contributed by atoms with E-state index in [1.807, 2.05) is 72.8 Å². The minimum absolute atomic E-state index is 0.274. The molecule has 0 saturated heterocycles. The summed E-state index contributed by atoms with van der Waals surface area (Å²) in [5.74, 6) is 1.46. The maximum atomic E-state index is 14.2. The first kappa shape index (κ1) is 32.7. The molecule has 0 aliphatic rings. The lowest BCUT2D eigenvalue weighted by Crippen LogP contribution is -2.04. The second-order valence-electron chi connectivity index (χ2n) is 14.2. The van der Waals surface area contributed by atoms with E-state index in [9.17, 15) is 4.39 Å². The molecule has 0 spiro atoms. The summed E-state index contributed by atoms with van der Waals surface area (Å²) < 4.78 is 18.8. The molecule has 0 aliphatic carbocycles. The topological polar surface area (TPSA) is 48.5 Å². The van der Waals surface area contributed by atoms with E-state index in [4.69, 9.17) is 15.0 Å². The summed E-state index contributed by atoms with van der Waals surface area (Å²) in [6.07, 6.45) is 0. The molecule has 0 radical (unpaired) electrons. The van der Waals surface area contributed by atoms with Gasteiger partial charge in [-0.3, -0.25) is 0 Å². The van der Waals surface area contributed by atoms with Gasteiger partial charge in [0.2, 0.25) is 0 Å². The summed E-state index contributed by atoms with van der Waals surface area (Å²) in [5, 5.41) is 4.69. The van der Waals surface area contributed by atoms with Gasteiger partial charge < -0.3 is 9.13 Å². The lowest BCUT2D eigenvalue weighted by molar-refractivity contribution is 0.628. The van der Waals surface area contributed by atoms with Gasteiger partial charge in [-0.05, 0) is 71.8 Å². The molecule has 11 rings (SSSR count). The van der Waals surface area contributed by atoms with Crippen LogP contribution in [0.1, 0.15) is 0 Å². The van der Waals surface area contributed by atoms with Gasteiger partial charge >= 0.3 is 0 Å².